The molecule has 2 aromatic rings. The van der Waals surface area contributed by atoms with Crippen LogP contribution in [0.4, 0.5) is 17.1 Å². The molecular formula is C17H19ClN6O5. The Bertz CT molecular complexity index is 983. The fourth-order valence-corrected chi connectivity index (χ4v) is 3.61. The van der Waals surface area contributed by atoms with Crippen molar-refractivity contribution in [2.45, 2.75) is 20.4 Å². The van der Waals surface area contributed by atoms with Gasteiger partial charge < -0.3 is 9.80 Å². The van der Waals surface area contributed by atoms with Crippen molar-refractivity contribution in [1.82, 2.24) is 14.7 Å². The first-order valence-electron chi connectivity index (χ1n) is 8.84. The number of nitro benzene ring substituents is 1. The summed E-state index contributed by atoms with van der Waals surface area (Å²) in [6.45, 7) is 4.59. The third kappa shape index (κ3) is 4.14. The summed E-state index contributed by atoms with van der Waals surface area (Å²) in [6.07, 6.45) is 0. The van der Waals surface area contributed by atoms with E-state index in [0.717, 1.165) is 0 Å². The molecule has 0 unspecified atom stereocenters. The summed E-state index contributed by atoms with van der Waals surface area (Å²) < 4.78 is 1.34. The van der Waals surface area contributed by atoms with Gasteiger partial charge >= 0.3 is 5.69 Å². The number of hydrogen-bond donors (Lipinski definition) is 0. The number of benzene rings is 1. The number of nitrogens with zero attached hydrogens (tertiary/aromatic N) is 6. The van der Waals surface area contributed by atoms with Crippen LogP contribution in [-0.2, 0) is 11.3 Å². The molecule has 0 atom stereocenters. The van der Waals surface area contributed by atoms with E-state index >= 15 is 0 Å². The van der Waals surface area contributed by atoms with Crippen molar-refractivity contribution in [1.29, 1.82) is 0 Å². The highest BCUT2D eigenvalue weighted by Crippen LogP contribution is 2.31. The number of carbonyl (C=O) groups is 1. The molecule has 3 rings (SSSR count). The van der Waals surface area contributed by atoms with Crippen LogP contribution in [0.1, 0.15) is 11.4 Å². The molecule has 29 heavy (non-hydrogen) atoms. The standard InChI is InChI=1S/C17H19ClN6O5/c1-11-17(24(28)29)12(2)22(19-11)10-16(25)21-7-5-20(6-8-21)14-4-3-13(18)9-15(14)23(26)27/h3-4,9H,5-8,10H2,1-2H3. The number of anilines is 1. The van der Waals surface area contributed by atoms with Crippen LogP contribution in [0.25, 0.3) is 0 Å². The number of aryl methyl sites for hydroxylation is 1. The average molecular weight is 423 g/mol. The van der Waals surface area contributed by atoms with Crippen LogP contribution < -0.4 is 4.90 Å². The predicted molar refractivity (Wildman–Crippen MR) is 105 cm³/mol. The quantitative estimate of drug-likeness (QED) is 0.534. The van der Waals surface area contributed by atoms with E-state index in [1.807, 2.05) is 4.90 Å². The predicted octanol–water partition coefficient (Wildman–Crippen LogP) is 2.32. The van der Waals surface area contributed by atoms with Gasteiger partial charge in [-0.1, -0.05) is 11.6 Å². The number of piperazine rings is 1. The third-order valence-electron chi connectivity index (χ3n) is 4.92. The number of nitro groups is 2. The molecular weight excluding hydrogens is 404 g/mol. The van der Waals surface area contributed by atoms with Crippen LogP contribution >= 0.6 is 11.6 Å². The summed E-state index contributed by atoms with van der Waals surface area (Å²) in [5.41, 5.74) is 0.891. The summed E-state index contributed by atoms with van der Waals surface area (Å²) >= 11 is 5.86. The highest BCUT2D eigenvalue weighted by molar-refractivity contribution is 6.30. The lowest BCUT2D eigenvalue weighted by Crippen LogP contribution is -2.49. The zero-order valence-electron chi connectivity index (χ0n) is 15.9. The van der Waals surface area contributed by atoms with E-state index < -0.39 is 9.85 Å². The summed E-state index contributed by atoms with van der Waals surface area (Å²) in [4.78, 5) is 37.5. The van der Waals surface area contributed by atoms with Gasteiger partial charge in [0.2, 0.25) is 5.91 Å². The third-order valence-corrected chi connectivity index (χ3v) is 5.15. The Balaban J connectivity index is 1.67. The van der Waals surface area contributed by atoms with E-state index in [4.69, 9.17) is 11.6 Å². The second-order valence-corrected chi connectivity index (χ2v) is 7.13. The minimum atomic E-state index is -0.504. The molecule has 0 saturated carbocycles. The molecule has 1 aromatic heterocycles. The molecule has 1 aliphatic rings. The molecule has 154 valence electrons. The Morgan fingerprint density at radius 2 is 1.79 bits per heavy atom. The Hall–Kier alpha value is -3.21. The molecule has 0 N–H and O–H groups in total. The first-order valence-corrected chi connectivity index (χ1v) is 9.22. The van der Waals surface area contributed by atoms with E-state index in [0.29, 0.717) is 37.6 Å². The van der Waals surface area contributed by atoms with Gasteiger partial charge in [0.15, 0.2) is 0 Å². The lowest BCUT2D eigenvalue weighted by Gasteiger charge is -2.35. The zero-order valence-corrected chi connectivity index (χ0v) is 16.6. The van der Waals surface area contributed by atoms with Crippen LogP contribution in [0.3, 0.4) is 0 Å². The number of rotatable bonds is 5. The lowest BCUT2D eigenvalue weighted by atomic mass is 10.2. The first kappa shape index (κ1) is 20.5. The van der Waals surface area contributed by atoms with Crippen LogP contribution in [0, 0.1) is 34.1 Å². The van der Waals surface area contributed by atoms with Crippen molar-refractivity contribution < 1.29 is 14.6 Å². The summed E-state index contributed by atoms with van der Waals surface area (Å²) in [6, 6.07) is 4.51. The van der Waals surface area contributed by atoms with Gasteiger partial charge in [-0.25, -0.2) is 0 Å². The highest BCUT2D eigenvalue weighted by atomic mass is 35.5. The Kier molecular flexibility index (Phi) is 5.69. The van der Waals surface area contributed by atoms with Gasteiger partial charge in [-0.2, -0.15) is 5.10 Å². The maximum Gasteiger partial charge on any atom is 0.312 e. The Morgan fingerprint density at radius 3 is 2.34 bits per heavy atom. The smallest absolute Gasteiger partial charge is 0.312 e. The van der Waals surface area contributed by atoms with Crippen molar-refractivity contribution in [3.05, 3.63) is 54.8 Å². The van der Waals surface area contributed by atoms with Gasteiger partial charge in [-0.05, 0) is 26.0 Å². The van der Waals surface area contributed by atoms with E-state index in [9.17, 15) is 25.0 Å². The molecule has 0 aliphatic carbocycles. The van der Waals surface area contributed by atoms with Gasteiger partial charge in [0.1, 0.15) is 23.6 Å². The van der Waals surface area contributed by atoms with Crippen LogP contribution in [0.2, 0.25) is 5.02 Å². The normalized spacial score (nSPS) is 14.2. The van der Waals surface area contributed by atoms with Crippen molar-refractivity contribution in [2.75, 3.05) is 31.1 Å². The fraction of sp³-hybridized carbons (Fsp3) is 0.412. The number of halogens is 1. The van der Waals surface area contributed by atoms with E-state index in [1.165, 1.54) is 17.7 Å². The molecule has 1 aromatic carbocycles. The van der Waals surface area contributed by atoms with E-state index in [1.54, 1.807) is 24.0 Å². The van der Waals surface area contributed by atoms with Gasteiger partial charge in [-0.15, -0.1) is 0 Å². The Morgan fingerprint density at radius 1 is 1.14 bits per heavy atom. The van der Waals surface area contributed by atoms with Gasteiger partial charge in [0.25, 0.3) is 5.69 Å². The molecule has 2 heterocycles. The maximum atomic E-state index is 12.6. The summed E-state index contributed by atoms with van der Waals surface area (Å²) in [5, 5.41) is 26.8. The van der Waals surface area contributed by atoms with Gasteiger partial charge in [0, 0.05) is 37.3 Å². The number of hydrogen-bond acceptors (Lipinski definition) is 7. The molecule has 11 nitrogen and oxygen atoms in total. The topological polar surface area (TPSA) is 128 Å². The summed E-state index contributed by atoms with van der Waals surface area (Å²) in [5.74, 6) is -0.212. The maximum absolute atomic E-state index is 12.6. The monoisotopic (exact) mass is 422 g/mol. The largest absolute Gasteiger partial charge is 0.362 e. The fourth-order valence-electron chi connectivity index (χ4n) is 3.44. The molecule has 1 aliphatic heterocycles. The summed E-state index contributed by atoms with van der Waals surface area (Å²) in [7, 11) is 0. The van der Waals surface area contributed by atoms with Gasteiger partial charge in [-0.3, -0.25) is 29.7 Å². The molecule has 1 amide bonds. The zero-order chi connectivity index (χ0) is 21.3. The van der Waals surface area contributed by atoms with Crippen LogP contribution in [-0.4, -0.2) is 56.6 Å². The molecule has 1 fully saturated rings. The van der Waals surface area contributed by atoms with E-state index in [-0.39, 0.29) is 34.5 Å². The minimum Gasteiger partial charge on any atom is -0.362 e. The molecule has 0 spiro atoms. The van der Waals surface area contributed by atoms with Crippen molar-refractivity contribution in [3.8, 4) is 0 Å². The first-order chi connectivity index (χ1) is 13.7. The Labute approximate surface area is 170 Å². The minimum absolute atomic E-state index is 0.0766. The molecule has 1 saturated heterocycles. The number of amides is 1. The molecule has 0 bridgehead atoms. The van der Waals surface area contributed by atoms with Gasteiger partial charge in [0.05, 0.1) is 9.85 Å². The van der Waals surface area contributed by atoms with Crippen LogP contribution in [0.15, 0.2) is 18.2 Å². The van der Waals surface area contributed by atoms with E-state index in [2.05, 4.69) is 5.10 Å². The second kappa shape index (κ2) is 8.03. The molecule has 0 radical (unpaired) electrons. The average Bonchev–Trinajstić information content (AvgIpc) is 2.95. The number of carbonyl (C=O) groups excluding carboxylic acids is 1. The SMILES string of the molecule is Cc1nn(CC(=O)N2CCN(c3ccc(Cl)cc3[N+](=O)[O-])CC2)c(C)c1[N+](=O)[O-]. The van der Waals surface area contributed by atoms with Crippen molar-refractivity contribution >= 4 is 34.6 Å². The highest BCUT2D eigenvalue weighted by Gasteiger charge is 2.28. The van der Waals surface area contributed by atoms with Crippen molar-refractivity contribution in [2.24, 2.45) is 0 Å². The van der Waals surface area contributed by atoms with Crippen LogP contribution in [0.5, 0.6) is 0 Å². The van der Waals surface area contributed by atoms with Crippen molar-refractivity contribution in [3.63, 3.8) is 0 Å². The molecule has 12 heteroatoms. The lowest BCUT2D eigenvalue weighted by molar-refractivity contribution is -0.386. The second-order valence-electron chi connectivity index (χ2n) is 6.69. The number of aromatic nitrogens is 2.